The minimum Gasteiger partial charge on any atom is -0.464 e. The number of nitrogens with one attached hydrogen (secondary N) is 1. The highest BCUT2D eigenvalue weighted by molar-refractivity contribution is 5.86. The van der Waals surface area contributed by atoms with Gasteiger partial charge in [0.15, 0.2) is 5.69 Å². The highest BCUT2D eigenvalue weighted by Crippen LogP contribution is 2.42. The van der Waals surface area contributed by atoms with E-state index in [1.807, 2.05) is 12.1 Å². The number of carbonyl (C=O) groups excluding carboxylic acids is 1. The van der Waals surface area contributed by atoms with Gasteiger partial charge >= 0.3 is 5.97 Å². The van der Waals surface area contributed by atoms with E-state index in [-0.39, 0.29) is 11.7 Å². The molecule has 108 valence electrons. The molecule has 0 aliphatic heterocycles. The number of pyridine rings is 1. The van der Waals surface area contributed by atoms with E-state index in [4.69, 9.17) is 0 Å². The van der Waals surface area contributed by atoms with Crippen molar-refractivity contribution in [1.82, 2.24) is 15.0 Å². The van der Waals surface area contributed by atoms with Crippen molar-refractivity contribution < 1.29 is 9.53 Å². The van der Waals surface area contributed by atoms with E-state index in [9.17, 15) is 4.79 Å². The number of hydrogen-bond donors (Lipinski definition) is 1. The standard InChI is InChI=1S/C15H16N4O2/c1-21-15(20)12-8-18-13(9-17-12)19-14(10-2-3-10)11-4-6-16-7-5-11/h4-10,14H,2-3H2,1H3,(H,18,19). The van der Waals surface area contributed by atoms with Crippen LogP contribution in [0.4, 0.5) is 5.82 Å². The molecular weight excluding hydrogens is 268 g/mol. The number of aromatic nitrogens is 3. The first-order valence-electron chi connectivity index (χ1n) is 6.85. The van der Waals surface area contributed by atoms with E-state index in [1.54, 1.807) is 18.6 Å². The lowest BCUT2D eigenvalue weighted by Crippen LogP contribution is -2.15. The summed E-state index contributed by atoms with van der Waals surface area (Å²) in [6.45, 7) is 0. The van der Waals surface area contributed by atoms with Crippen molar-refractivity contribution in [2.75, 3.05) is 12.4 Å². The zero-order valence-corrected chi connectivity index (χ0v) is 11.7. The summed E-state index contributed by atoms with van der Waals surface area (Å²) in [6, 6.07) is 4.21. The summed E-state index contributed by atoms with van der Waals surface area (Å²) in [7, 11) is 1.32. The van der Waals surface area contributed by atoms with Gasteiger partial charge in [0.25, 0.3) is 0 Å². The van der Waals surface area contributed by atoms with Crippen LogP contribution in [-0.4, -0.2) is 28.0 Å². The second-order valence-corrected chi connectivity index (χ2v) is 5.02. The van der Waals surface area contributed by atoms with Crippen LogP contribution in [0.3, 0.4) is 0 Å². The van der Waals surface area contributed by atoms with Gasteiger partial charge in [-0.3, -0.25) is 4.98 Å². The van der Waals surface area contributed by atoms with E-state index < -0.39 is 5.97 Å². The molecule has 0 spiro atoms. The molecule has 6 heteroatoms. The van der Waals surface area contributed by atoms with Crippen molar-refractivity contribution in [2.45, 2.75) is 18.9 Å². The number of nitrogens with zero attached hydrogens (tertiary/aromatic N) is 3. The summed E-state index contributed by atoms with van der Waals surface area (Å²) in [4.78, 5) is 23.7. The fourth-order valence-electron chi connectivity index (χ4n) is 2.25. The van der Waals surface area contributed by atoms with Crippen molar-refractivity contribution >= 4 is 11.8 Å². The first-order chi connectivity index (χ1) is 10.3. The Kier molecular flexibility index (Phi) is 3.77. The first-order valence-corrected chi connectivity index (χ1v) is 6.85. The van der Waals surface area contributed by atoms with Crippen molar-refractivity contribution in [3.63, 3.8) is 0 Å². The Bertz CT molecular complexity index is 611. The molecule has 0 aromatic carbocycles. The fraction of sp³-hybridized carbons (Fsp3) is 0.333. The van der Waals surface area contributed by atoms with Crippen LogP contribution in [0.2, 0.25) is 0 Å². The van der Waals surface area contributed by atoms with Gasteiger partial charge in [-0.05, 0) is 36.5 Å². The maximum atomic E-state index is 11.3. The van der Waals surface area contributed by atoms with E-state index in [0.29, 0.717) is 11.7 Å². The van der Waals surface area contributed by atoms with Gasteiger partial charge in [-0.1, -0.05) is 0 Å². The molecule has 1 N–H and O–H groups in total. The van der Waals surface area contributed by atoms with Crippen molar-refractivity contribution in [1.29, 1.82) is 0 Å². The first kappa shape index (κ1) is 13.5. The third kappa shape index (κ3) is 3.16. The minimum absolute atomic E-state index is 0.200. The summed E-state index contributed by atoms with van der Waals surface area (Å²) in [5.41, 5.74) is 1.39. The summed E-state index contributed by atoms with van der Waals surface area (Å²) < 4.78 is 4.61. The molecule has 1 fully saturated rings. The molecule has 0 amide bonds. The Hall–Kier alpha value is -2.50. The van der Waals surface area contributed by atoms with Crippen LogP contribution in [0.5, 0.6) is 0 Å². The van der Waals surface area contributed by atoms with Crippen LogP contribution in [0.15, 0.2) is 36.9 Å². The Morgan fingerprint density at radius 1 is 1.29 bits per heavy atom. The quantitative estimate of drug-likeness (QED) is 0.848. The fourth-order valence-corrected chi connectivity index (χ4v) is 2.25. The number of rotatable bonds is 5. The van der Waals surface area contributed by atoms with Crippen LogP contribution in [0.1, 0.15) is 34.9 Å². The Labute approximate surface area is 122 Å². The molecule has 1 unspecified atom stereocenters. The molecule has 0 radical (unpaired) electrons. The lowest BCUT2D eigenvalue weighted by atomic mass is 10.0. The zero-order chi connectivity index (χ0) is 14.7. The smallest absolute Gasteiger partial charge is 0.358 e. The van der Waals surface area contributed by atoms with Gasteiger partial charge in [-0.15, -0.1) is 0 Å². The predicted molar refractivity (Wildman–Crippen MR) is 76.7 cm³/mol. The lowest BCUT2D eigenvalue weighted by molar-refractivity contribution is 0.0593. The van der Waals surface area contributed by atoms with Crippen molar-refractivity contribution in [3.05, 3.63) is 48.2 Å². The third-order valence-electron chi connectivity index (χ3n) is 3.51. The second-order valence-electron chi connectivity index (χ2n) is 5.02. The molecule has 2 aromatic rings. The maximum absolute atomic E-state index is 11.3. The van der Waals surface area contributed by atoms with Crippen LogP contribution in [-0.2, 0) is 4.74 Å². The predicted octanol–water partition coefficient (Wildman–Crippen LogP) is 2.22. The molecule has 3 rings (SSSR count). The highest BCUT2D eigenvalue weighted by Gasteiger charge is 2.32. The van der Waals surface area contributed by atoms with E-state index in [2.05, 4.69) is 25.0 Å². The Balaban J connectivity index is 1.76. The molecule has 0 bridgehead atoms. The molecule has 2 heterocycles. The molecule has 0 saturated heterocycles. The number of hydrogen-bond acceptors (Lipinski definition) is 6. The monoisotopic (exact) mass is 284 g/mol. The van der Waals surface area contributed by atoms with Gasteiger partial charge in [0.1, 0.15) is 5.82 Å². The van der Waals surface area contributed by atoms with Gasteiger partial charge in [-0.25, -0.2) is 14.8 Å². The summed E-state index contributed by atoms with van der Waals surface area (Å²) in [5.74, 6) is 0.771. The number of methoxy groups -OCH3 is 1. The Morgan fingerprint density at radius 3 is 2.62 bits per heavy atom. The zero-order valence-electron chi connectivity index (χ0n) is 11.7. The van der Waals surface area contributed by atoms with Crippen LogP contribution < -0.4 is 5.32 Å². The van der Waals surface area contributed by atoms with Gasteiger partial charge in [0.05, 0.1) is 25.5 Å². The van der Waals surface area contributed by atoms with Crippen LogP contribution >= 0.6 is 0 Å². The maximum Gasteiger partial charge on any atom is 0.358 e. The average molecular weight is 284 g/mol. The second kappa shape index (κ2) is 5.87. The van der Waals surface area contributed by atoms with Gasteiger partial charge in [-0.2, -0.15) is 0 Å². The molecule has 1 aliphatic rings. The molecule has 1 aliphatic carbocycles. The largest absolute Gasteiger partial charge is 0.464 e. The molecule has 1 saturated carbocycles. The lowest BCUT2D eigenvalue weighted by Gasteiger charge is -2.19. The number of carbonyl (C=O) groups is 1. The number of esters is 1. The molecule has 21 heavy (non-hydrogen) atoms. The summed E-state index contributed by atoms with van der Waals surface area (Å²) in [5, 5.41) is 3.39. The minimum atomic E-state index is -0.484. The van der Waals surface area contributed by atoms with Gasteiger partial charge < -0.3 is 10.1 Å². The summed E-state index contributed by atoms with van der Waals surface area (Å²) in [6.07, 6.45) is 8.96. The van der Waals surface area contributed by atoms with Crippen molar-refractivity contribution in [3.8, 4) is 0 Å². The van der Waals surface area contributed by atoms with E-state index in [0.717, 1.165) is 0 Å². The molecule has 2 aromatic heterocycles. The Morgan fingerprint density at radius 2 is 2.05 bits per heavy atom. The van der Waals surface area contributed by atoms with Gasteiger partial charge in [0, 0.05) is 12.4 Å². The van der Waals surface area contributed by atoms with Crippen LogP contribution in [0.25, 0.3) is 0 Å². The SMILES string of the molecule is COC(=O)c1cnc(NC(c2ccncc2)C2CC2)cn1. The van der Waals surface area contributed by atoms with Crippen LogP contribution in [0, 0.1) is 5.92 Å². The molecule has 6 nitrogen and oxygen atoms in total. The average Bonchev–Trinajstić information content (AvgIpc) is 3.38. The number of ether oxygens (including phenoxy) is 1. The number of anilines is 1. The van der Waals surface area contributed by atoms with E-state index in [1.165, 1.54) is 31.7 Å². The summed E-state index contributed by atoms with van der Waals surface area (Å²) >= 11 is 0. The molecular formula is C15H16N4O2. The normalized spacial score (nSPS) is 15.3. The third-order valence-corrected chi connectivity index (χ3v) is 3.51. The van der Waals surface area contributed by atoms with Gasteiger partial charge in [0.2, 0.25) is 0 Å². The van der Waals surface area contributed by atoms with Crippen molar-refractivity contribution in [2.24, 2.45) is 5.92 Å². The van der Waals surface area contributed by atoms with E-state index >= 15 is 0 Å². The highest BCUT2D eigenvalue weighted by atomic mass is 16.5. The molecule has 1 atom stereocenters. The topological polar surface area (TPSA) is 77.0 Å².